The van der Waals surface area contributed by atoms with Crippen LogP contribution >= 0.6 is 0 Å². The van der Waals surface area contributed by atoms with Crippen LogP contribution in [0.3, 0.4) is 0 Å². The van der Waals surface area contributed by atoms with Crippen molar-refractivity contribution in [3.8, 4) is 0 Å². The molecule has 8 heteroatoms. The SMILES string of the molecule is Cc1cc(C(=O)N2CCN(C)CC2)nn1CC(=O)NCc1ccccn1. The second-order valence-corrected chi connectivity index (χ2v) is 6.52. The lowest BCUT2D eigenvalue weighted by atomic mass is 10.3. The van der Waals surface area contributed by atoms with Gasteiger partial charge in [0.15, 0.2) is 5.69 Å². The molecule has 26 heavy (non-hydrogen) atoms. The first-order chi connectivity index (χ1) is 12.5. The maximum absolute atomic E-state index is 12.6. The molecule has 1 aliphatic heterocycles. The molecule has 2 aromatic rings. The van der Waals surface area contributed by atoms with Gasteiger partial charge in [-0.05, 0) is 32.2 Å². The summed E-state index contributed by atoms with van der Waals surface area (Å²) in [6.45, 7) is 5.42. The Labute approximate surface area is 152 Å². The zero-order valence-electron chi connectivity index (χ0n) is 15.2. The number of nitrogens with one attached hydrogen (secondary N) is 1. The molecule has 2 amide bonds. The van der Waals surface area contributed by atoms with Gasteiger partial charge in [-0.2, -0.15) is 5.10 Å². The molecule has 0 unspecified atom stereocenters. The highest BCUT2D eigenvalue weighted by Crippen LogP contribution is 2.09. The lowest BCUT2D eigenvalue weighted by molar-refractivity contribution is -0.122. The van der Waals surface area contributed by atoms with Crippen molar-refractivity contribution in [3.05, 3.63) is 47.5 Å². The minimum atomic E-state index is -0.166. The van der Waals surface area contributed by atoms with Gasteiger partial charge in [0, 0.05) is 38.1 Å². The normalized spacial score (nSPS) is 15.1. The molecule has 1 N–H and O–H groups in total. The zero-order valence-corrected chi connectivity index (χ0v) is 15.2. The van der Waals surface area contributed by atoms with Gasteiger partial charge >= 0.3 is 0 Å². The zero-order chi connectivity index (χ0) is 18.5. The Morgan fingerprint density at radius 3 is 2.65 bits per heavy atom. The van der Waals surface area contributed by atoms with E-state index in [0.717, 1.165) is 24.5 Å². The smallest absolute Gasteiger partial charge is 0.274 e. The summed E-state index contributed by atoms with van der Waals surface area (Å²) in [4.78, 5) is 32.9. The molecule has 0 aliphatic carbocycles. The van der Waals surface area contributed by atoms with Gasteiger partial charge in [0.2, 0.25) is 5.91 Å². The fraction of sp³-hybridized carbons (Fsp3) is 0.444. The number of rotatable bonds is 5. The summed E-state index contributed by atoms with van der Waals surface area (Å²) in [7, 11) is 2.05. The van der Waals surface area contributed by atoms with E-state index in [0.29, 0.717) is 25.3 Å². The van der Waals surface area contributed by atoms with Crippen LogP contribution in [0.5, 0.6) is 0 Å². The Kier molecular flexibility index (Phi) is 5.62. The second-order valence-electron chi connectivity index (χ2n) is 6.52. The van der Waals surface area contributed by atoms with E-state index in [4.69, 9.17) is 0 Å². The topological polar surface area (TPSA) is 83.4 Å². The first kappa shape index (κ1) is 18.1. The highest BCUT2D eigenvalue weighted by molar-refractivity contribution is 5.92. The van der Waals surface area contributed by atoms with Gasteiger partial charge in [-0.3, -0.25) is 19.3 Å². The van der Waals surface area contributed by atoms with Gasteiger partial charge in [0.25, 0.3) is 5.91 Å². The number of aryl methyl sites for hydroxylation is 1. The van der Waals surface area contributed by atoms with Crippen molar-refractivity contribution in [2.45, 2.75) is 20.0 Å². The highest BCUT2D eigenvalue weighted by atomic mass is 16.2. The number of amides is 2. The van der Waals surface area contributed by atoms with E-state index in [1.54, 1.807) is 16.9 Å². The van der Waals surface area contributed by atoms with Crippen LogP contribution in [0.25, 0.3) is 0 Å². The highest BCUT2D eigenvalue weighted by Gasteiger charge is 2.23. The predicted octanol–water partition coefficient (Wildman–Crippen LogP) is 0.291. The van der Waals surface area contributed by atoms with Gasteiger partial charge < -0.3 is 15.1 Å². The van der Waals surface area contributed by atoms with E-state index in [2.05, 4.69) is 20.3 Å². The number of nitrogens with zero attached hydrogens (tertiary/aromatic N) is 5. The van der Waals surface area contributed by atoms with Crippen molar-refractivity contribution in [3.63, 3.8) is 0 Å². The van der Waals surface area contributed by atoms with E-state index in [1.165, 1.54) is 0 Å². The molecule has 0 bridgehead atoms. The molecule has 0 saturated carbocycles. The Bertz CT molecular complexity index is 765. The maximum Gasteiger partial charge on any atom is 0.274 e. The van der Waals surface area contributed by atoms with Crippen LogP contribution in [0.1, 0.15) is 21.9 Å². The monoisotopic (exact) mass is 356 g/mol. The molecule has 1 fully saturated rings. The Morgan fingerprint density at radius 1 is 1.19 bits per heavy atom. The summed E-state index contributed by atoms with van der Waals surface area (Å²) in [6, 6.07) is 7.30. The van der Waals surface area contributed by atoms with Crippen molar-refractivity contribution in [1.82, 2.24) is 29.9 Å². The van der Waals surface area contributed by atoms with Crippen molar-refractivity contribution in [2.75, 3.05) is 33.2 Å². The van der Waals surface area contributed by atoms with Crippen molar-refractivity contribution < 1.29 is 9.59 Å². The first-order valence-corrected chi connectivity index (χ1v) is 8.72. The number of pyridine rings is 1. The van der Waals surface area contributed by atoms with Crippen molar-refractivity contribution >= 4 is 11.8 Å². The third kappa shape index (κ3) is 4.45. The van der Waals surface area contributed by atoms with Crippen LogP contribution in [0.15, 0.2) is 30.5 Å². The molecule has 8 nitrogen and oxygen atoms in total. The van der Waals surface area contributed by atoms with Crippen molar-refractivity contribution in [1.29, 1.82) is 0 Å². The molecule has 3 heterocycles. The first-order valence-electron chi connectivity index (χ1n) is 8.72. The van der Waals surface area contributed by atoms with Crippen LogP contribution in [-0.2, 0) is 17.9 Å². The molecule has 2 aromatic heterocycles. The Hall–Kier alpha value is -2.74. The van der Waals surface area contributed by atoms with Crippen LogP contribution in [0, 0.1) is 6.92 Å². The number of likely N-dealkylation sites (N-methyl/N-ethyl adjacent to an activating group) is 1. The summed E-state index contributed by atoms with van der Waals surface area (Å²) in [5, 5.41) is 7.15. The number of carbonyl (C=O) groups excluding carboxylic acids is 2. The molecule has 138 valence electrons. The molecule has 0 radical (unpaired) electrons. The molecular weight excluding hydrogens is 332 g/mol. The van der Waals surface area contributed by atoms with Crippen LogP contribution < -0.4 is 5.32 Å². The fourth-order valence-corrected chi connectivity index (χ4v) is 2.83. The van der Waals surface area contributed by atoms with E-state index < -0.39 is 0 Å². The number of aromatic nitrogens is 3. The molecule has 0 spiro atoms. The lowest BCUT2D eigenvalue weighted by Crippen LogP contribution is -2.47. The van der Waals surface area contributed by atoms with Crippen molar-refractivity contribution in [2.24, 2.45) is 0 Å². The third-order valence-corrected chi connectivity index (χ3v) is 4.48. The number of carbonyl (C=O) groups is 2. The van der Waals surface area contributed by atoms with Gasteiger partial charge in [-0.1, -0.05) is 6.07 Å². The second kappa shape index (κ2) is 8.09. The van der Waals surface area contributed by atoms with E-state index in [1.807, 2.05) is 37.1 Å². The minimum Gasteiger partial charge on any atom is -0.349 e. The van der Waals surface area contributed by atoms with Gasteiger partial charge in [-0.15, -0.1) is 0 Å². The Morgan fingerprint density at radius 2 is 1.96 bits per heavy atom. The van der Waals surface area contributed by atoms with Gasteiger partial charge in [0.1, 0.15) is 6.54 Å². The van der Waals surface area contributed by atoms with Crippen LogP contribution in [0.4, 0.5) is 0 Å². The van der Waals surface area contributed by atoms with Crippen LogP contribution in [-0.4, -0.2) is 69.6 Å². The number of hydrogen-bond acceptors (Lipinski definition) is 5. The number of hydrogen-bond donors (Lipinski definition) is 1. The number of piperazine rings is 1. The van der Waals surface area contributed by atoms with E-state index in [9.17, 15) is 9.59 Å². The summed E-state index contributed by atoms with van der Waals surface area (Å²) >= 11 is 0. The minimum absolute atomic E-state index is 0.0751. The summed E-state index contributed by atoms with van der Waals surface area (Å²) in [5.41, 5.74) is 1.98. The molecular formula is C18H24N6O2. The average Bonchev–Trinajstić information content (AvgIpc) is 3.01. The molecule has 1 saturated heterocycles. The molecule has 3 rings (SSSR count). The molecule has 1 aliphatic rings. The largest absolute Gasteiger partial charge is 0.349 e. The summed E-state index contributed by atoms with van der Waals surface area (Å²) in [5.74, 6) is -0.241. The predicted molar refractivity (Wildman–Crippen MR) is 96.4 cm³/mol. The van der Waals surface area contributed by atoms with E-state index >= 15 is 0 Å². The third-order valence-electron chi connectivity index (χ3n) is 4.48. The van der Waals surface area contributed by atoms with Crippen LogP contribution in [0.2, 0.25) is 0 Å². The summed E-state index contributed by atoms with van der Waals surface area (Å²) in [6.07, 6.45) is 1.69. The van der Waals surface area contributed by atoms with E-state index in [-0.39, 0.29) is 18.4 Å². The van der Waals surface area contributed by atoms with Gasteiger partial charge in [0.05, 0.1) is 12.2 Å². The average molecular weight is 356 g/mol. The maximum atomic E-state index is 12.6. The standard InChI is InChI=1S/C18H24N6O2/c1-14-11-16(18(26)23-9-7-22(2)8-10-23)21-24(14)13-17(25)20-12-15-5-3-4-6-19-15/h3-6,11H,7-10,12-13H2,1-2H3,(H,20,25). The fourth-order valence-electron chi connectivity index (χ4n) is 2.83. The Balaban J connectivity index is 1.57. The summed E-state index contributed by atoms with van der Waals surface area (Å²) < 4.78 is 1.57. The molecule has 0 aromatic carbocycles. The van der Waals surface area contributed by atoms with Gasteiger partial charge in [-0.25, -0.2) is 0 Å². The lowest BCUT2D eigenvalue weighted by Gasteiger charge is -2.31. The quantitative estimate of drug-likeness (QED) is 0.833. The molecule has 0 atom stereocenters.